The van der Waals surface area contributed by atoms with Crippen molar-refractivity contribution >= 4 is 40.6 Å². The van der Waals surface area contributed by atoms with E-state index < -0.39 is 27.7 Å². The van der Waals surface area contributed by atoms with Gasteiger partial charge in [0.05, 0.1) is 36.2 Å². The van der Waals surface area contributed by atoms with Gasteiger partial charge in [0.1, 0.15) is 12.4 Å². The maximum atomic E-state index is 12.9. The molecule has 1 aliphatic heterocycles. The average molecular weight is 565 g/mol. The number of hydrogen-bond donors (Lipinski definition) is 0. The Kier molecular flexibility index (Phi) is 8.70. The maximum Gasteiger partial charge on any atom is 0.338 e. The van der Waals surface area contributed by atoms with Gasteiger partial charge in [-0.1, -0.05) is 18.2 Å². The molecular formula is C28H24N2O9S. The minimum Gasteiger partial charge on any atom is -0.493 e. The highest BCUT2D eigenvalue weighted by molar-refractivity contribution is 8.18. The molecule has 0 aliphatic carbocycles. The highest BCUT2D eigenvalue weighted by Crippen LogP contribution is 2.39. The Hall–Kier alpha value is -4.84. The van der Waals surface area contributed by atoms with Gasteiger partial charge in [-0.05, 0) is 72.3 Å². The average Bonchev–Trinajstić information content (AvgIpc) is 3.20. The number of carbonyl (C=O) groups excluding carboxylic acids is 3. The van der Waals surface area contributed by atoms with Gasteiger partial charge in [0.15, 0.2) is 11.5 Å². The summed E-state index contributed by atoms with van der Waals surface area (Å²) in [7, 11) is 2.56. The van der Waals surface area contributed by atoms with Crippen LogP contribution in [0.3, 0.4) is 0 Å². The molecule has 206 valence electrons. The third-order valence-corrected chi connectivity index (χ3v) is 6.64. The van der Waals surface area contributed by atoms with Crippen molar-refractivity contribution in [3.05, 3.63) is 92.4 Å². The predicted octanol–water partition coefficient (Wildman–Crippen LogP) is 5.61. The molecule has 3 aromatic carbocycles. The van der Waals surface area contributed by atoms with Gasteiger partial charge in [0.2, 0.25) is 5.75 Å². The Morgan fingerprint density at radius 3 is 2.50 bits per heavy atom. The topological polar surface area (TPSA) is 135 Å². The number of amides is 2. The number of aryl methyl sites for hydroxylation is 1. The molecule has 1 saturated heterocycles. The predicted molar refractivity (Wildman–Crippen MR) is 147 cm³/mol. The molecule has 0 unspecified atom stereocenters. The molecular weight excluding hydrogens is 540 g/mol. The number of carbonyl (C=O) groups is 3. The van der Waals surface area contributed by atoms with E-state index in [1.54, 1.807) is 24.3 Å². The third-order valence-electron chi connectivity index (χ3n) is 5.73. The van der Waals surface area contributed by atoms with Crippen LogP contribution in [0.15, 0.2) is 65.6 Å². The van der Waals surface area contributed by atoms with E-state index in [9.17, 15) is 24.5 Å². The first-order valence-corrected chi connectivity index (χ1v) is 12.7. The lowest BCUT2D eigenvalue weighted by molar-refractivity contribution is -0.385. The molecule has 0 N–H and O–H groups in total. The highest BCUT2D eigenvalue weighted by atomic mass is 32.2. The molecule has 12 heteroatoms. The zero-order valence-electron chi connectivity index (χ0n) is 21.7. The van der Waals surface area contributed by atoms with Gasteiger partial charge in [0, 0.05) is 6.07 Å². The summed E-state index contributed by atoms with van der Waals surface area (Å²) in [6, 6.07) is 15.9. The monoisotopic (exact) mass is 564 g/mol. The van der Waals surface area contributed by atoms with E-state index in [1.807, 2.05) is 25.1 Å². The second kappa shape index (κ2) is 12.3. The van der Waals surface area contributed by atoms with Gasteiger partial charge in [-0.25, -0.2) is 4.79 Å². The van der Waals surface area contributed by atoms with E-state index in [-0.39, 0.29) is 40.9 Å². The zero-order chi connectivity index (χ0) is 28.8. The summed E-state index contributed by atoms with van der Waals surface area (Å²) in [5.74, 6) is -0.233. The first-order chi connectivity index (χ1) is 19.2. The van der Waals surface area contributed by atoms with Crippen molar-refractivity contribution in [1.82, 2.24) is 4.90 Å². The normalized spacial score (nSPS) is 13.9. The van der Waals surface area contributed by atoms with Crippen LogP contribution in [-0.4, -0.2) is 54.3 Å². The van der Waals surface area contributed by atoms with Crippen molar-refractivity contribution in [2.24, 2.45) is 0 Å². The van der Waals surface area contributed by atoms with Crippen LogP contribution in [0.5, 0.6) is 23.0 Å². The van der Waals surface area contributed by atoms with E-state index in [0.29, 0.717) is 11.3 Å². The first kappa shape index (κ1) is 28.2. The fourth-order valence-corrected chi connectivity index (χ4v) is 4.64. The summed E-state index contributed by atoms with van der Waals surface area (Å²) in [4.78, 5) is 49.4. The van der Waals surface area contributed by atoms with Crippen LogP contribution in [0, 0.1) is 17.0 Å². The van der Waals surface area contributed by atoms with Gasteiger partial charge in [0.25, 0.3) is 11.1 Å². The number of esters is 1. The van der Waals surface area contributed by atoms with Gasteiger partial charge < -0.3 is 18.9 Å². The van der Waals surface area contributed by atoms with Crippen LogP contribution in [0.1, 0.15) is 21.5 Å². The molecule has 1 fully saturated rings. The molecule has 0 bridgehead atoms. The fraction of sp³-hybridized carbons (Fsp3) is 0.179. The second-order valence-corrected chi connectivity index (χ2v) is 9.44. The summed E-state index contributed by atoms with van der Waals surface area (Å²) < 4.78 is 21.4. The number of hydrogen-bond acceptors (Lipinski definition) is 10. The number of thioether (sulfide) groups is 1. The van der Waals surface area contributed by atoms with E-state index >= 15 is 0 Å². The van der Waals surface area contributed by atoms with Crippen LogP contribution in [-0.2, 0) is 9.53 Å². The molecule has 1 heterocycles. The van der Waals surface area contributed by atoms with Crippen molar-refractivity contribution in [2.45, 2.75) is 6.92 Å². The van der Waals surface area contributed by atoms with Crippen LogP contribution < -0.4 is 14.2 Å². The minimum atomic E-state index is -0.722. The Labute approximate surface area is 233 Å². The summed E-state index contributed by atoms with van der Waals surface area (Å²) in [5.41, 5.74) is 1.14. The third kappa shape index (κ3) is 6.41. The SMILES string of the molecule is COC(=O)c1ccc(Oc2ccc(/C=C3\SC(=O)N(CCOc4cccc(C)c4)C3=O)cc2OC)c([N+](=O)[O-])c1. The summed E-state index contributed by atoms with van der Waals surface area (Å²) in [6.07, 6.45) is 1.55. The number of ether oxygens (including phenoxy) is 4. The number of nitro groups is 1. The Balaban J connectivity index is 1.48. The summed E-state index contributed by atoms with van der Waals surface area (Å²) in [6.45, 7) is 2.19. The molecule has 40 heavy (non-hydrogen) atoms. The number of rotatable bonds is 10. The smallest absolute Gasteiger partial charge is 0.338 e. The minimum absolute atomic E-state index is 0.000431. The lowest BCUT2D eigenvalue weighted by Crippen LogP contribution is -2.32. The summed E-state index contributed by atoms with van der Waals surface area (Å²) >= 11 is 0.814. The second-order valence-electron chi connectivity index (χ2n) is 8.44. The van der Waals surface area contributed by atoms with Gasteiger partial charge in [-0.3, -0.25) is 24.6 Å². The van der Waals surface area contributed by atoms with Crippen LogP contribution in [0.25, 0.3) is 6.08 Å². The Morgan fingerprint density at radius 2 is 1.80 bits per heavy atom. The largest absolute Gasteiger partial charge is 0.493 e. The molecule has 1 aliphatic rings. The van der Waals surface area contributed by atoms with Crippen LogP contribution in [0.2, 0.25) is 0 Å². The van der Waals surface area contributed by atoms with E-state index in [2.05, 4.69) is 4.74 Å². The number of methoxy groups -OCH3 is 2. The quantitative estimate of drug-likeness (QED) is 0.132. The molecule has 3 aromatic rings. The molecule has 0 saturated carbocycles. The van der Waals surface area contributed by atoms with E-state index in [4.69, 9.17) is 14.2 Å². The fourth-order valence-electron chi connectivity index (χ4n) is 3.77. The lowest BCUT2D eigenvalue weighted by atomic mass is 10.1. The van der Waals surface area contributed by atoms with Crippen LogP contribution >= 0.6 is 11.8 Å². The van der Waals surface area contributed by atoms with Crippen molar-refractivity contribution < 1.29 is 38.3 Å². The standard InChI is InChI=1S/C28H24N2O9S/c1-17-5-4-6-20(13-17)38-12-11-29-26(31)25(40-28(29)33)15-18-7-9-23(24(14-18)36-2)39-22-10-8-19(27(32)37-3)16-21(22)30(34)35/h4-10,13-16H,11-12H2,1-3H3/b25-15-. The number of benzene rings is 3. The van der Waals surface area contributed by atoms with Crippen molar-refractivity contribution in [1.29, 1.82) is 0 Å². The van der Waals surface area contributed by atoms with Gasteiger partial charge >= 0.3 is 11.7 Å². The first-order valence-electron chi connectivity index (χ1n) is 11.9. The molecule has 0 spiro atoms. The molecule has 0 aromatic heterocycles. The number of imide groups is 1. The molecule has 2 amide bonds. The summed E-state index contributed by atoms with van der Waals surface area (Å²) in [5, 5.41) is 11.2. The number of nitro benzene ring substituents is 1. The van der Waals surface area contributed by atoms with E-state index in [1.165, 1.54) is 32.4 Å². The molecule has 4 rings (SSSR count). The zero-order valence-corrected chi connectivity index (χ0v) is 22.6. The van der Waals surface area contributed by atoms with Gasteiger partial charge in [-0.2, -0.15) is 0 Å². The Bertz CT molecular complexity index is 1520. The van der Waals surface area contributed by atoms with E-state index in [0.717, 1.165) is 28.3 Å². The maximum absolute atomic E-state index is 12.9. The van der Waals surface area contributed by atoms with Gasteiger partial charge in [-0.15, -0.1) is 0 Å². The van der Waals surface area contributed by atoms with Crippen molar-refractivity contribution in [3.8, 4) is 23.0 Å². The Morgan fingerprint density at radius 1 is 1.02 bits per heavy atom. The highest BCUT2D eigenvalue weighted by Gasteiger charge is 2.35. The van der Waals surface area contributed by atoms with Crippen molar-refractivity contribution in [2.75, 3.05) is 27.4 Å². The number of nitrogens with zero attached hydrogens (tertiary/aromatic N) is 2. The molecule has 0 radical (unpaired) electrons. The van der Waals surface area contributed by atoms with Crippen molar-refractivity contribution in [3.63, 3.8) is 0 Å². The van der Waals surface area contributed by atoms with Crippen LogP contribution in [0.4, 0.5) is 10.5 Å². The molecule has 0 atom stereocenters. The molecule has 11 nitrogen and oxygen atoms in total. The lowest BCUT2D eigenvalue weighted by Gasteiger charge is -2.13.